The van der Waals surface area contributed by atoms with Gasteiger partial charge in [0, 0.05) is 42.3 Å². The average molecular weight is 399 g/mol. The molecule has 1 aliphatic rings. The maximum atomic E-state index is 9.82. The van der Waals surface area contributed by atoms with Crippen LogP contribution in [0.3, 0.4) is 0 Å². The van der Waals surface area contributed by atoms with E-state index in [1.165, 1.54) is 0 Å². The first-order valence-electron chi connectivity index (χ1n) is 10.2. The van der Waals surface area contributed by atoms with Crippen molar-refractivity contribution in [3.63, 3.8) is 0 Å². The highest BCUT2D eigenvalue weighted by Gasteiger charge is 2.25. The molecule has 0 spiro atoms. The van der Waals surface area contributed by atoms with E-state index in [1.807, 2.05) is 50.4 Å². The lowest BCUT2D eigenvalue weighted by Crippen LogP contribution is -2.46. The van der Waals surface area contributed by atoms with E-state index < -0.39 is 0 Å². The number of pyridine rings is 1. The lowest BCUT2D eigenvalue weighted by molar-refractivity contribution is -0.00571. The third-order valence-electron chi connectivity index (χ3n) is 5.33. The maximum absolute atomic E-state index is 9.82. The molecule has 0 radical (unpaired) electrons. The molecule has 2 aromatic heterocycles. The lowest BCUT2D eigenvalue weighted by atomic mass is 9.95. The van der Waals surface area contributed by atoms with Crippen molar-refractivity contribution < 1.29 is 4.74 Å². The summed E-state index contributed by atoms with van der Waals surface area (Å²) in [5.74, 6) is 0.659. The summed E-state index contributed by atoms with van der Waals surface area (Å²) >= 11 is 0. The Morgan fingerprint density at radius 2 is 1.83 bits per heavy atom. The number of nitriles is 1. The zero-order chi connectivity index (χ0) is 21.3. The molecule has 1 fully saturated rings. The van der Waals surface area contributed by atoms with E-state index in [0.29, 0.717) is 11.5 Å². The van der Waals surface area contributed by atoms with Gasteiger partial charge < -0.3 is 9.64 Å². The van der Waals surface area contributed by atoms with E-state index in [9.17, 15) is 5.26 Å². The molecule has 6 heteroatoms. The van der Waals surface area contributed by atoms with Crippen LogP contribution in [-0.2, 0) is 4.74 Å². The predicted molar refractivity (Wildman–Crippen MR) is 117 cm³/mol. The van der Waals surface area contributed by atoms with Crippen LogP contribution in [-0.4, -0.2) is 40.2 Å². The maximum Gasteiger partial charge on any atom is 0.226 e. The molecule has 30 heavy (non-hydrogen) atoms. The highest BCUT2D eigenvalue weighted by molar-refractivity contribution is 5.84. The van der Waals surface area contributed by atoms with Crippen molar-refractivity contribution in [1.82, 2.24) is 15.0 Å². The number of aryl methyl sites for hydroxylation is 2. The molecule has 0 unspecified atom stereocenters. The first-order valence-corrected chi connectivity index (χ1v) is 10.2. The monoisotopic (exact) mass is 399 g/mol. The van der Waals surface area contributed by atoms with Crippen molar-refractivity contribution in [2.75, 3.05) is 18.0 Å². The van der Waals surface area contributed by atoms with Gasteiger partial charge in [0.05, 0.1) is 23.5 Å². The molecule has 1 aliphatic heterocycles. The molecule has 3 aromatic rings. The van der Waals surface area contributed by atoms with Crippen LogP contribution in [0.25, 0.3) is 22.4 Å². The van der Waals surface area contributed by atoms with Crippen molar-refractivity contribution in [3.05, 3.63) is 59.5 Å². The number of aromatic nitrogens is 3. The smallest absolute Gasteiger partial charge is 0.226 e. The fourth-order valence-electron chi connectivity index (χ4n) is 4.01. The number of hydrogen-bond acceptors (Lipinski definition) is 6. The first-order chi connectivity index (χ1) is 14.5. The Morgan fingerprint density at radius 1 is 1.07 bits per heavy atom. The number of hydrogen-bond donors (Lipinski definition) is 0. The summed E-state index contributed by atoms with van der Waals surface area (Å²) in [5.41, 5.74) is 5.94. The number of morpholine rings is 1. The zero-order valence-electron chi connectivity index (χ0n) is 17.8. The third kappa shape index (κ3) is 3.89. The Balaban J connectivity index is 1.90. The van der Waals surface area contributed by atoms with Gasteiger partial charge in [-0.1, -0.05) is 18.2 Å². The standard InChI is InChI=1S/C24H25N5O/c1-15-6-5-7-20(21(15)11-25)23-22(19-8-9-26-16(2)10-19)12-27-24(28-23)29-13-17(3)30-18(4)14-29/h5-10,12,17-18H,13-14H2,1-4H3/t17-,18+. The minimum Gasteiger partial charge on any atom is -0.372 e. The first kappa shape index (κ1) is 20.0. The molecule has 6 nitrogen and oxygen atoms in total. The van der Waals surface area contributed by atoms with E-state index >= 15 is 0 Å². The summed E-state index contributed by atoms with van der Waals surface area (Å²) < 4.78 is 5.86. The van der Waals surface area contributed by atoms with E-state index in [-0.39, 0.29) is 12.2 Å². The normalized spacial score (nSPS) is 18.8. The number of nitrogens with zero attached hydrogens (tertiary/aromatic N) is 5. The molecule has 0 saturated carbocycles. The summed E-state index contributed by atoms with van der Waals surface area (Å²) in [6, 6.07) is 12.2. The Morgan fingerprint density at radius 3 is 2.53 bits per heavy atom. The number of rotatable bonds is 3. The van der Waals surface area contributed by atoms with Gasteiger partial charge in [0.25, 0.3) is 0 Å². The topological polar surface area (TPSA) is 74.9 Å². The lowest BCUT2D eigenvalue weighted by Gasteiger charge is -2.35. The Kier molecular flexibility index (Phi) is 5.47. The summed E-state index contributed by atoms with van der Waals surface area (Å²) in [5, 5.41) is 9.82. The largest absolute Gasteiger partial charge is 0.372 e. The van der Waals surface area contributed by atoms with Gasteiger partial charge in [-0.25, -0.2) is 9.97 Å². The van der Waals surface area contributed by atoms with Crippen LogP contribution in [0.2, 0.25) is 0 Å². The summed E-state index contributed by atoms with van der Waals surface area (Å²) in [4.78, 5) is 16.1. The average Bonchev–Trinajstić information content (AvgIpc) is 2.72. The highest BCUT2D eigenvalue weighted by atomic mass is 16.5. The van der Waals surface area contributed by atoms with Crippen LogP contribution in [0.4, 0.5) is 5.95 Å². The van der Waals surface area contributed by atoms with Gasteiger partial charge in [0.2, 0.25) is 5.95 Å². The van der Waals surface area contributed by atoms with Gasteiger partial charge >= 0.3 is 0 Å². The third-order valence-corrected chi connectivity index (χ3v) is 5.33. The summed E-state index contributed by atoms with van der Waals surface area (Å²) in [6.45, 7) is 9.50. The Bertz CT molecular complexity index is 1110. The van der Waals surface area contributed by atoms with Crippen LogP contribution in [0.1, 0.15) is 30.7 Å². The quantitative estimate of drug-likeness (QED) is 0.653. The van der Waals surface area contributed by atoms with Gasteiger partial charge in [-0.15, -0.1) is 0 Å². The molecular weight excluding hydrogens is 374 g/mol. The molecule has 0 N–H and O–H groups in total. The van der Waals surface area contributed by atoms with Crippen molar-refractivity contribution in [2.24, 2.45) is 0 Å². The van der Waals surface area contributed by atoms with Crippen molar-refractivity contribution in [3.8, 4) is 28.5 Å². The van der Waals surface area contributed by atoms with E-state index in [2.05, 4.69) is 29.8 Å². The van der Waals surface area contributed by atoms with E-state index in [4.69, 9.17) is 14.7 Å². The molecule has 152 valence electrons. The number of benzene rings is 1. The van der Waals surface area contributed by atoms with Gasteiger partial charge in [-0.2, -0.15) is 5.26 Å². The van der Waals surface area contributed by atoms with Crippen LogP contribution in [0, 0.1) is 25.2 Å². The van der Waals surface area contributed by atoms with Gasteiger partial charge in [-0.3, -0.25) is 4.98 Å². The molecule has 4 rings (SSSR count). The van der Waals surface area contributed by atoms with Gasteiger partial charge in [0.1, 0.15) is 6.07 Å². The molecule has 0 aliphatic carbocycles. The SMILES string of the molecule is Cc1cc(-c2cnc(N3C[C@@H](C)O[C@@H](C)C3)nc2-c2cccc(C)c2C#N)ccn1. The van der Waals surface area contributed by atoms with Crippen LogP contribution >= 0.6 is 0 Å². The van der Waals surface area contributed by atoms with Gasteiger partial charge in [0.15, 0.2) is 0 Å². The molecule has 0 bridgehead atoms. The number of anilines is 1. The minimum atomic E-state index is 0.108. The second-order valence-electron chi connectivity index (χ2n) is 7.89. The van der Waals surface area contributed by atoms with Crippen molar-refractivity contribution >= 4 is 5.95 Å². The van der Waals surface area contributed by atoms with Gasteiger partial charge in [-0.05, 0) is 51.0 Å². The van der Waals surface area contributed by atoms with Crippen LogP contribution in [0.15, 0.2) is 42.7 Å². The predicted octanol–water partition coefficient (Wildman–Crippen LogP) is 4.31. The van der Waals surface area contributed by atoms with Crippen LogP contribution < -0.4 is 4.90 Å². The fraction of sp³-hybridized carbons (Fsp3) is 0.333. The second-order valence-corrected chi connectivity index (χ2v) is 7.89. The minimum absolute atomic E-state index is 0.108. The van der Waals surface area contributed by atoms with Crippen molar-refractivity contribution in [1.29, 1.82) is 5.26 Å². The molecule has 2 atom stereocenters. The highest BCUT2D eigenvalue weighted by Crippen LogP contribution is 2.34. The molecule has 1 aromatic carbocycles. The van der Waals surface area contributed by atoms with E-state index in [0.717, 1.165) is 46.7 Å². The number of ether oxygens (including phenoxy) is 1. The Labute approximate surface area is 177 Å². The van der Waals surface area contributed by atoms with E-state index in [1.54, 1.807) is 6.20 Å². The molecule has 1 saturated heterocycles. The van der Waals surface area contributed by atoms with Crippen LogP contribution in [0.5, 0.6) is 0 Å². The van der Waals surface area contributed by atoms with Crippen molar-refractivity contribution in [2.45, 2.75) is 39.9 Å². The molecule has 0 amide bonds. The molecular formula is C24H25N5O. The zero-order valence-corrected chi connectivity index (χ0v) is 17.8. The summed E-state index contributed by atoms with van der Waals surface area (Å²) in [7, 11) is 0. The fourth-order valence-corrected chi connectivity index (χ4v) is 4.01. The Hall–Kier alpha value is -3.30. The second kappa shape index (κ2) is 8.21. The molecule has 3 heterocycles. The summed E-state index contributed by atoms with van der Waals surface area (Å²) in [6.07, 6.45) is 3.87.